The van der Waals surface area contributed by atoms with Crippen molar-refractivity contribution in [2.45, 2.75) is 66.2 Å². The van der Waals surface area contributed by atoms with Crippen molar-refractivity contribution in [1.29, 1.82) is 0 Å². The number of carbonyl (C=O) groups excluding carboxylic acids is 1. The van der Waals surface area contributed by atoms with Crippen molar-refractivity contribution < 1.29 is 4.79 Å². The van der Waals surface area contributed by atoms with E-state index < -0.39 is 0 Å². The molecule has 6 nitrogen and oxygen atoms in total. The van der Waals surface area contributed by atoms with Gasteiger partial charge in [0.15, 0.2) is 5.78 Å². The zero-order valence-electron chi connectivity index (χ0n) is 22.6. The van der Waals surface area contributed by atoms with Crippen LogP contribution in [0.1, 0.15) is 82.4 Å². The maximum Gasteiger partial charge on any atom is 0.227 e. The van der Waals surface area contributed by atoms with Crippen molar-refractivity contribution in [3.63, 3.8) is 0 Å². The van der Waals surface area contributed by atoms with Gasteiger partial charge >= 0.3 is 0 Å². The minimum Gasteiger partial charge on any atom is -0.351 e. The highest BCUT2D eigenvalue weighted by Gasteiger charge is 2.38. The highest BCUT2D eigenvalue weighted by atomic mass is 35.5. The van der Waals surface area contributed by atoms with Crippen LogP contribution in [0.25, 0.3) is 16.6 Å². The van der Waals surface area contributed by atoms with Crippen molar-refractivity contribution in [2.24, 2.45) is 22.2 Å². The van der Waals surface area contributed by atoms with Crippen molar-refractivity contribution in [1.82, 2.24) is 15.0 Å². The van der Waals surface area contributed by atoms with Gasteiger partial charge in [0.2, 0.25) is 5.95 Å². The molecule has 198 valence electrons. The van der Waals surface area contributed by atoms with E-state index in [1.807, 2.05) is 30.3 Å². The van der Waals surface area contributed by atoms with E-state index in [9.17, 15) is 4.79 Å². The fourth-order valence-electron chi connectivity index (χ4n) is 5.65. The van der Waals surface area contributed by atoms with Crippen LogP contribution in [0.5, 0.6) is 0 Å². The zero-order chi connectivity index (χ0) is 26.9. The zero-order valence-corrected chi connectivity index (χ0v) is 23.4. The van der Waals surface area contributed by atoms with Gasteiger partial charge in [-0.25, -0.2) is 9.97 Å². The first kappa shape index (κ1) is 26.4. The van der Waals surface area contributed by atoms with Crippen LogP contribution in [-0.2, 0) is 0 Å². The van der Waals surface area contributed by atoms with Crippen LogP contribution in [-0.4, -0.2) is 26.9 Å². The summed E-state index contributed by atoms with van der Waals surface area (Å²) < 4.78 is 0. The summed E-state index contributed by atoms with van der Waals surface area (Å²) in [7, 11) is 0. The van der Waals surface area contributed by atoms with E-state index in [0.29, 0.717) is 22.6 Å². The molecule has 1 fully saturated rings. The molecule has 1 aliphatic heterocycles. The third kappa shape index (κ3) is 5.75. The summed E-state index contributed by atoms with van der Waals surface area (Å²) in [4.78, 5) is 30.5. The minimum absolute atomic E-state index is 0.181. The molecule has 0 atom stereocenters. The highest BCUT2D eigenvalue weighted by Crippen LogP contribution is 2.43. The molecule has 3 aromatic rings. The second kappa shape index (κ2) is 10.9. The normalized spacial score (nSPS) is 21.8. The number of allylic oxidation sites excluding steroid dienone is 3. The molecule has 0 unspecified atom stereocenters. The molecule has 5 rings (SSSR count). The van der Waals surface area contributed by atoms with Crippen molar-refractivity contribution in [3.05, 3.63) is 64.6 Å². The van der Waals surface area contributed by atoms with E-state index in [2.05, 4.69) is 59.0 Å². The number of aliphatic imine (C=N–C) groups is 1. The van der Waals surface area contributed by atoms with Gasteiger partial charge in [-0.2, -0.15) is 0 Å². The van der Waals surface area contributed by atoms with Gasteiger partial charge < -0.3 is 10.3 Å². The number of aromatic nitrogens is 3. The van der Waals surface area contributed by atoms with Gasteiger partial charge in [0.25, 0.3) is 0 Å². The molecule has 1 aliphatic carbocycles. The highest BCUT2D eigenvalue weighted by molar-refractivity contribution is 6.35. The lowest BCUT2D eigenvalue weighted by Crippen LogP contribution is -2.33. The predicted octanol–water partition coefficient (Wildman–Crippen LogP) is 8.54. The van der Waals surface area contributed by atoms with E-state index in [1.165, 1.54) is 12.0 Å². The van der Waals surface area contributed by atoms with Crippen LogP contribution in [0.2, 0.25) is 5.02 Å². The first-order valence-electron chi connectivity index (χ1n) is 13.6. The molecule has 2 aliphatic rings. The molecule has 7 heteroatoms. The lowest BCUT2D eigenvalue weighted by atomic mass is 9.67. The number of hydrogen-bond donors (Lipinski definition) is 2. The number of benzene rings is 1. The summed E-state index contributed by atoms with van der Waals surface area (Å²) in [5.74, 6) is 2.07. The van der Waals surface area contributed by atoms with Crippen molar-refractivity contribution in [3.8, 4) is 0 Å². The van der Waals surface area contributed by atoms with Crippen molar-refractivity contribution in [2.75, 3.05) is 5.32 Å². The number of nitrogens with zero attached hydrogens (tertiary/aromatic N) is 3. The Morgan fingerprint density at radius 1 is 1.24 bits per heavy atom. The van der Waals surface area contributed by atoms with Gasteiger partial charge in [-0.15, -0.1) is 0 Å². The summed E-state index contributed by atoms with van der Waals surface area (Å²) in [5.41, 5.74) is 4.64. The molecule has 0 radical (unpaired) electrons. The number of rotatable bonds is 7. The predicted molar refractivity (Wildman–Crippen MR) is 157 cm³/mol. The Labute approximate surface area is 229 Å². The van der Waals surface area contributed by atoms with E-state index in [1.54, 1.807) is 12.4 Å². The lowest BCUT2D eigenvalue weighted by Gasteiger charge is -2.36. The Bertz CT molecular complexity index is 1440. The average Bonchev–Trinajstić information content (AvgIpc) is 3.19. The molecular weight excluding hydrogens is 494 g/mol. The summed E-state index contributed by atoms with van der Waals surface area (Å²) >= 11 is 6.66. The second-order valence-corrected chi connectivity index (χ2v) is 12.0. The van der Waals surface area contributed by atoms with Gasteiger partial charge in [-0.3, -0.25) is 9.79 Å². The molecule has 0 saturated heterocycles. The van der Waals surface area contributed by atoms with E-state index >= 15 is 0 Å². The number of nitrogens with one attached hydrogen (secondary N) is 2. The van der Waals surface area contributed by atoms with E-state index in [4.69, 9.17) is 11.6 Å². The summed E-state index contributed by atoms with van der Waals surface area (Å²) in [6, 6.07) is 7.59. The molecule has 0 spiro atoms. The topological polar surface area (TPSA) is 83.0 Å². The number of hydrogen-bond acceptors (Lipinski definition) is 5. The standard InChI is InChI=1S/C31H36ClN5O/c1-19(2)15-21-7-11-31(4,12-8-21)29(38)27-17-22-16-23(18-24(32)28(22)36-27)35-30-34-14-10-26(37-30)25-6-5-20(3)9-13-33-25/h6,9-10,13-14,16-19,21,36H,5,7-8,11-12,15H2,1-4H3,(H,34,35,37). The first-order chi connectivity index (χ1) is 18.2. The number of carbonyl (C=O) groups is 1. The van der Waals surface area contributed by atoms with Crippen LogP contribution in [0.4, 0.5) is 11.6 Å². The quantitative estimate of drug-likeness (QED) is 0.300. The maximum absolute atomic E-state index is 13.6. The second-order valence-electron chi connectivity index (χ2n) is 11.5. The number of fused-ring (bicyclic) bond motifs is 1. The summed E-state index contributed by atoms with van der Waals surface area (Å²) in [5, 5.41) is 4.70. The monoisotopic (exact) mass is 529 g/mol. The van der Waals surface area contributed by atoms with E-state index in [-0.39, 0.29) is 11.2 Å². The lowest BCUT2D eigenvalue weighted by molar-refractivity contribution is 0.0694. The molecule has 1 saturated carbocycles. The fraction of sp³-hybridized carbons (Fsp3) is 0.419. The van der Waals surface area contributed by atoms with Gasteiger partial charge in [0.05, 0.1) is 27.6 Å². The van der Waals surface area contributed by atoms with Crippen LogP contribution < -0.4 is 5.32 Å². The smallest absolute Gasteiger partial charge is 0.227 e. The van der Waals surface area contributed by atoms with Crippen LogP contribution >= 0.6 is 11.6 Å². The van der Waals surface area contributed by atoms with Gasteiger partial charge in [0.1, 0.15) is 0 Å². The van der Waals surface area contributed by atoms with Crippen molar-refractivity contribution >= 4 is 51.8 Å². The molecule has 1 aromatic carbocycles. The Morgan fingerprint density at radius 3 is 2.79 bits per heavy atom. The molecule has 2 N–H and O–H groups in total. The van der Waals surface area contributed by atoms with Crippen LogP contribution in [0.3, 0.4) is 0 Å². The van der Waals surface area contributed by atoms with Gasteiger partial charge in [-0.1, -0.05) is 44.0 Å². The molecular formula is C31H36ClN5O. The largest absolute Gasteiger partial charge is 0.351 e. The number of H-pyrrole nitrogens is 1. The van der Waals surface area contributed by atoms with Crippen LogP contribution in [0.15, 0.2) is 53.2 Å². The summed E-state index contributed by atoms with van der Waals surface area (Å²) in [6.45, 7) is 8.76. The molecule has 2 aromatic heterocycles. The Balaban J connectivity index is 1.34. The number of aromatic amines is 1. The third-order valence-corrected chi connectivity index (χ3v) is 8.15. The van der Waals surface area contributed by atoms with E-state index in [0.717, 1.165) is 66.0 Å². The van der Waals surface area contributed by atoms with Gasteiger partial charge in [-0.05, 0) is 87.6 Å². The average molecular weight is 530 g/mol. The SMILES string of the molecule is CC1=CC=NC(c2ccnc(Nc3cc(Cl)c4[nH]c(C(=O)C5(C)CCC(CC(C)C)CC5)cc4c3)n2)=CC1. The number of Topliss-reactive ketones (excluding diaryl/α,β-unsaturated/α-hetero) is 1. The van der Waals surface area contributed by atoms with Crippen LogP contribution in [0, 0.1) is 17.3 Å². The first-order valence-corrected chi connectivity index (χ1v) is 14.0. The number of halogens is 1. The number of ketones is 1. The number of anilines is 2. The third-order valence-electron chi connectivity index (χ3n) is 7.85. The molecule has 0 bridgehead atoms. The minimum atomic E-state index is -0.334. The maximum atomic E-state index is 13.6. The Hall–Kier alpha value is -3.25. The van der Waals surface area contributed by atoms with Gasteiger partial charge in [0, 0.05) is 28.9 Å². The molecule has 0 amide bonds. The summed E-state index contributed by atoms with van der Waals surface area (Å²) in [6.07, 6.45) is 13.8. The molecule has 38 heavy (non-hydrogen) atoms. The molecule has 3 heterocycles. The fourth-order valence-corrected chi connectivity index (χ4v) is 5.92. The Kier molecular flexibility index (Phi) is 7.53. The Morgan fingerprint density at radius 2 is 2.03 bits per heavy atom.